The SMILES string of the molecule is C=C1CC[C@@H]2[C@H](C(C)(C)O)CC[C@]2(C)C[C@@H](O)C(=C)CC[C@H]1O. The van der Waals surface area contributed by atoms with Crippen molar-refractivity contribution in [1.82, 2.24) is 0 Å². The quantitative estimate of drug-likeness (QED) is 0.647. The van der Waals surface area contributed by atoms with E-state index in [4.69, 9.17) is 0 Å². The number of rotatable bonds is 1. The van der Waals surface area contributed by atoms with Crippen LogP contribution >= 0.6 is 0 Å². The monoisotopic (exact) mass is 322 g/mol. The molecule has 0 aliphatic heterocycles. The standard InChI is InChI=1S/C20H34O3/c1-13-6-8-16-15(19(3,4)23)10-11-20(16,5)12-18(22)14(2)7-9-17(13)21/h15-18,21-23H,1-2,6-12H2,3-5H3/t15-,16-,17-,18-,20-/m1/s1. The van der Waals surface area contributed by atoms with Crippen molar-refractivity contribution in [1.29, 1.82) is 0 Å². The zero-order valence-corrected chi connectivity index (χ0v) is 15.0. The van der Waals surface area contributed by atoms with Gasteiger partial charge in [0.1, 0.15) is 0 Å². The number of hydrogen-bond acceptors (Lipinski definition) is 3. The average molecular weight is 322 g/mol. The van der Waals surface area contributed by atoms with E-state index in [2.05, 4.69) is 20.1 Å². The minimum Gasteiger partial charge on any atom is -0.390 e. The van der Waals surface area contributed by atoms with Crippen molar-refractivity contribution in [3.63, 3.8) is 0 Å². The molecule has 3 N–H and O–H groups in total. The minimum absolute atomic E-state index is 0.00258. The van der Waals surface area contributed by atoms with E-state index in [0.29, 0.717) is 25.2 Å². The van der Waals surface area contributed by atoms with Crippen LogP contribution in [0.1, 0.15) is 65.7 Å². The van der Waals surface area contributed by atoms with Gasteiger partial charge < -0.3 is 15.3 Å². The summed E-state index contributed by atoms with van der Waals surface area (Å²) in [5.41, 5.74) is 0.969. The largest absolute Gasteiger partial charge is 0.390 e. The van der Waals surface area contributed by atoms with E-state index in [1.807, 2.05) is 13.8 Å². The second-order valence-electron chi connectivity index (χ2n) is 8.69. The van der Waals surface area contributed by atoms with Crippen LogP contribution in [0.15, 0.2) is 24.3 Å². The molecule has 0 aromatic heterocycles. The Morgan fingerprint density at radius 3 is 2.17 bits per heavy atom. The van der Waals surface area contributed by atoms with Gasteiger partial charge in [-0.25, -0.2) is 0 Å². The summed E-state index contributed by atoms with van der Waals surface area (Å²) in [6, 6.07) is 0. The van der Waals surface area contributed by atoms with Gasteiger partial charge in [-0.2, -0.15) is 0 Å². The average Bonchev–Trinajstić information content (AvgIpc) is 2.77. The third kappa shape index (κ3) is 4.07. The normalized spacial score (nSPS) is 40.6. The van der Waals surface area contributed by atoms with Crippen LogP contribution in [0.25, 0.3) is 0 Å². The van der Waals surface area contributed by atoms with Crippen LogP contribution in [0.4, 0.5) is 0 Å². The highest BCUT2D eigenvalue weighted by Gasteiger charge is 2.50. The summed E-state index contributed by atoms with van der Waals surface area (Å²) in [6.07, 6.45) is 4.58. The maximum atomic E-state index is 10.6. The maximum absolute atomic E-state index is 10.6. The fraction of sp³-hybridized carbons (Fsp3) is 0.800. The molecule has 2 aliphatic rings. The molecular weight excluding hydrogens is 288 g/mol. The molecule has 0 aromatic carbocycles. The molecule has 0 amide bonds. The van der Waals surface area contributed by atoms with Crippen LogP contribution in [-0.4, -0.2) is 33.1 Å². The summed E-state index contributed by atoms with van der Waals surface area (Å²) in [7, 11) is 0. The molecule has 0 bridgehead atoms. The lowest BCUT2D eigenvalue weighted by Gasteiger charge is -2.40. The first kappa shape index (κ1) is 18.7. The third-order valence-corrected chi connectivity index (χ3v) is 6.43. The Labute approximate surface area is 141 Å². The molecule has 2 aliphatic carbocycles. The van der Waals surface area contributed by atoms with Crippen LogP contribution in [0.2, 0.25) is 0 Å². The van der Waals surface area contributed by atoms with Crippen molar-refractivity contribution < 1.29 is 15.3 Å². The highest BCUT2D eigenvalue weighted by molar-refractivity contribution is 5.11. The van der Waals surface area contributed by atoms with Crippen LogP contribution in [0, 0.1) is 17.3 Å². The fourth-order valence-corrected chi connectivity index (χ4v) is 4.79. The molecule has 2 saturated carbocycles. The molecule has 5 atom stereocenters. The molecular formula is C20H34O3. The highest BCUT2D eigenvalue weighted by atomic mass is 16.3. The van der Waals surface area contributed by atoms with Gasteiger partial charge in [0.2, 0.25) is 0 Å². The van der Waals surface area contributed by atoms with Gasteiger partial charge in [0, 0.05) is 0 Å². The number of aliphatic hydroxyl groups is 3. The Morgan fingerprint density at radius 1 is 1.00 bits per heavy atom. The van der Waals surface area contributed by atoms with Gasteiger partial charge in [0.25, 0.3) is 0 Å². The number of fused-ring (bicyclic) bond motifs is 1. The first-order chi connectivity index (χ1) is 10.5. The summed E-state index contributed by atoms with van der Waals surface area (Å²) < 4.78 is 0. The topological polar surface area (TPSA) is 60.7 Å². The minimum atomic E-state index is -0.718. The molecule has 0 spiro atoms. The van der Waals surface area contributed by atoms with E-state index < -0.39 is 17.8 Å². The van der Waals surface area contributed by atoms with Crippen LogP contribution in [0.5, 0.6) is 0 Å². The van der Waals surface area contributed by atoms with Gasteiger partial charge >= 0.3 is 0 Å². The lowest BCUT2D eigenvalue weighted by atomic mass is 9.67. The molecule has 0 unspecified atom stereocenters. The Hall–Kier alpha value is -0.640. The molecule has 0 aromatic rings. The van der Waals surface area contributed by atoms with Crippen molar-refractivity contribution in [2.24, 2.45) is 17.3 Å². The molecule has 2 rings (SSSR count). The van der Waals surface area contributed by atoms with Gasteiger partial charge in [-0.1, -0.05) is 20.1 Å². The first-order valence-corrected chi connectivity index (χ1v) is 8.98. The number of aliphatic hydroxyl groups excluding tert-OH is 2. The lowest BCUT2D eigenvalue weighted by Crippen LogP contribution is -2.38. The van der Waals surface area contributed by atoms with Gasteiger partial charge in [-0.15, -0.1) is 0 Å². The van der Waals surface area contributed by atoms with E-state index in [1.54, 1.807) is 0 Å². The summed E-state index contributed by atoms with van der Waals surface area (Å²) in [6.45, 7) is 14.1. The Morgan fingerprint density at radius 2 is 1.57 bits per heavy atom. The first-order valence-electron chi connectivity index (χ1n) is 8.98. The molecule has 2 fully saturated rings. The second-order valence-corrected chi connectivity index (χ2v) is 8.69. The fourth-order valence-electron chi connectivity index (χ4n) is 4.79. The van der Waals surface area contributed by atoms with E-state index in [-0.39, 0.29) is 11.3 Å². The maximum Gasteiger partial charge on any atom is 0.0752 e. The predicted octanol–water partition coefficient (Wildman–Crippen LogP) is 3.59. The Kier molecular flexibility index (Phi) is 5.44. The third-order valence-electron chi connectivity index (χ3n) is 6.43. The van der Waals surface area contributed by atoms with Crippen LogP contribution in [-0.2, 0) is 0 Å². The van der Waals surface area contributed by atoms with Crippen molar-refractivity contribution in [2.45, 2.75) is 83.5 Å². The Bertz CT molecular complexity index is 462. The van der Waals surface area contributed by atoms with Gasteiger partial charge in [-0.3, -0.25) is 0 Å². The van der Waals surface area contributed by atoms with Crippen LogP contribution < -0.4 is 0 Å². The van der Waals surface area contributed by atoms with Crippen molar-refractivity contribution in [3.8, 4) is 0 Å². The zero-order chi connectivity index (χ0) is 17.4. The van der Waals surface area contributed by atoms with E-state index in [0.717, 1.165) is 36.8 Å². The van der Waals surface area contributed by atoms with Gasteiger partial charge in [-0.05, 0) is 87.2 Å². The summed E-state index contributed by atoms with van der Waals surface area (Å²) in [5, 5.41) is 31.4. The van der Waals surface area contributed by atoms with E-state index >= 15 is 0 Å². The second kappa shape index (κ2) is 6.70. The Balaban J connectivity index is 2.30. The molecule has 3 nitrogen and oxygen atoms in total. The van der Waals surface area contributed by atoms with E-state index in [1.165, 1.54) is 0 Å². The molecule has 0 saturated heterocycles. The van der Waals surface area contributed by atoms with Gasteiger partial charge in [0.05, 0.1) is 17.8 Å². The number of hydrogen-bond donors (Lipinski definition) is 3. The molecule has 3 heteroatoms. The summed E-state index contributed by atoms with van der Waals surface area (Å²) in [5.74, 6) is 0.547. The predicted molar refractivity (Wildman–Crippen MR) is 94.0 cm³/mol. The smallest absolute Gasteiger partial charge is 0.0752 e. The lowest BCUT2D eigenvalue weighted by molar-refractivity contribution is -0.0227. The van der Waals surface area contributed by atoms with Crippen LogP contribution in [0.3, 0.4) is 0 Å². The van der Waals surface area contributed by atoms with E-state index in [9.17, 15) is 15.3 Å². The van der Waals surface area contributed by atoms with Crippen molar-refractivity contribution in [2.75, 3.05) is 0 Å². The van der Waals surface area contributed by atoms with Gasteiger partial charge in [0.15, 0.2) is 0 Å². The highest BCUT2D eigenvalue weighted by Crippen LogP contribution is 2.55. The molecule has 0 heterocycles. The molecule has 132 valence electrons. The summed E-state index contributed by atoms with van der Waals surface area (Å²) in [4.78, 5) is 0. The van der Waals surface area contributed by atoms with Crippen molar-refractivity contribution in [3.05, 3.63) is 24.3 Å². The molecule has 23 heavy (non-hydrogen) atoms. The summed E-state index contributed by atoms with van der Waals surface area (Å²) >= 11 is 0. The van der Waals surface area contributed by atoms with Crippen molar-refractivity contribution >= 4 is 0 Å². The molecule has 0 radical (unpaired) electrons. The zero-order valence-electron chi connectivity index (χ0n) is 15.0.